The third-order valence-electron chi connectivity index (χ3n) is 2.67. The SMILES string of the molecule is OCC1(Nc2cc(C(F)(F)F)cc(Cl)n2)CC1. The highest BCUT2D eigenvalue weighted by Gasteiger charge is 2.42. The largest absolute Gasteiger partial charge is 0.416 e. The molecule has 2 N–H and O–H groups in total. The Hall–Kier alpha value is -1.01. The Labute approximate surface area is 101 Å². The number of nitrogens with one attached hydrogen (secondary N) is 1. The Bertz CT molecular complexity index is 432. The molecule has 0 aliphatic heterocycles. The molecule has 2 rings (SSSR count). The molecule has 1 aliphatic carbocycles. The average Bonchev–Trinajstić information content (AvgIpc) is 2.96. The summed E-state index contributed by atoms with van der Waals surface area (Å²) >= 11 is 5.53. The first-order valence-corrected chi connectivity index (χ1v) is 5.36. The molecular formula is C10H10ClF3N2O. The first-order valence-electron chi connectivity index (χ1n) is 4.98. The summed E-state index contributed by atoms with van der Waals surface area (Å²) < 4.78 is 37.5. The quantitative estimate of drug-likeness (QED) is 0.827. The van der Waals surface area contributed by atoms with Crippen molar-refractivity contribution in [1.82, 2.24) is 4.98 Å². The van der Waals surface area contributed by atoms with Gasteiger partial charge in [0.05, 0.1) is 17.7 Å². The molecule has 94 valence electrons. The Balaban J connectivity index is 2.26. The highest BCUT2D eigenvalue weighted by Crippen LogP contribution is 2.39. The van der Waals surface area contributed by atoms with E-state index in [1.807, 2.05) is 0 Å². The van der Waals surface area contributed by atoms with Gasteiger partial charge in [0.1, 0.15) is 11.0 Å². The van der Waals surface area contributed by atoms with Crippen molar-refractivity contribution in [3.05, 3.63) is 22.8 Å². The normalized spacial score (nSPS) is 17.9. The summed E-state index contributed by atoms with van der Waals surface area (Å²) in [5.41, 5.74) is -1.38. The van der Waals surface area contributed by atoms with E-state index < -0.39 is 17.3 Å². The number of rotatable bonds is 3. The number of pyridine rings is 1. The summed E-state index contributed by atoms with van der Waals surface area (Å²) in [4.78, 5) is 3.76. The number of nitrogens with zero attached hydrogens (tertiary/aromatic N) is 1. The Kier molecular flexibility index (Phi) is 2.95. The minimum atomic E-state index is -4.46. The Morgan fingerprint density at radius 1 is 1.41 bits per heavy atom. The summed E-state index contributed by atoms with van der Waals surface area (Å²) in [6.45, 7) is -0.136. The molecule has 1 fully saturated rings. The van der Waals surface area contributed by atoms with Crippen LogP contribution in [0.15, 0.2) is 12.1 Å². The van der Waals surface area contributed by atoms with E-state index in [-0.39, 0.29) is 17.6 Å². The molecule has 0 aromatic carbocycles. The van der Waals surface area contributed by atoms with Crippen molar-refractivity contribution in [2.45, 2.75) is 24.6 Å². The second-order valence-electron chi connectivity index (χ2n) is 4.12. The van der Waals surface area contributed by atoms with Crippen LogP contribution in [-0.4, -0.2) is 22.2 Å². The van der Waals surface area contributed by atoms with Gasteiger partial charge in [0.2, 0.25) is 0 Å². The third-order valence-corrected chi connectivity index (χ3v) is 2.86. The van der Waals surface area contributed by atoms with Crippen LogP contribution in [0.5, 0.6) is 0 Å². The summed E-state index contributed by atoms with van der Waals surface area (Å²) in [7, 11) is 0. The second-order valence-corrected chi connectivity index (χ2v) is 4.51. The van der Waals surface area contributed by atoms with Crippen molar-refractivity contribution in [1.29, 1.82) is 0 Å². The number of aliphatic hydroxyl groups is 1. The zero-order chi connectivity index (χ0) is 12.7. The van der Waals surface area contributed by atoms with E-state index in [2.05, 4.69) is 10.3 Å². The molecule has 1 heterocycles. The molecule has 1 saturated carbocycles. The lowest BCUT2D eigenvalue weighted by Crippen LogP contribution is -2.26. The van der Waals surface area contributed by atoms with Crippen LogP contribution >= 0.6 is 11.6 Å². The molecule has 7 heteroatoms. The molecular weight excluding hydrogens is 257 g/mol. The van der Waals surface area contributed by atoms with Crippen LogP contribution in [0, 0.1) is 0 Å². The minimum Gasteiger partial charge on any atom is -0.394 e. The second kappa shape index (κ2) is 4.03. The molecule has 1 aromatic rings. The molecule has 0 spiro atoms. The van der Waals surface area contributed by atoms with Gasteiger partial charge in [0.25, 0.3) is 0 Å². The fourth-order valence-electron chi connectivity index (χ4n) is 1.47. The zero-order valence-corrected chi connectivity index (χ0v) is 9.44. The Morgan fingerprint density at radius 3 is 2.53 bits per heavy atom. The van der Waals surface area contributed by atoms with Gasteiger partial charge in [-0.1, -0.05) is 11.6 Å². The van der Waals surface area contributed by atoms with Crippen molar-refractivity contribution in [3.63, 3.8) is 0 Å². The van der Waals surface area contributed by atoms with Gasteiger partial charge >= 0.3 is 6.18 Å². The van der Waals surface area contributed by atoms with Gasteiger partial charge in [0.15, 0.2) is 0 Å². The van der Waals surface area contributed by atoms with E-state index in [9.17, 15) is 13.2 Å². The number of aromatic nitrogens is 1. The van der Waals surface area contributed by atoms with Crippen LogP contribution in [0.25, 0.3) is 0 Å². The van der Waals surface area contributed by atoms with Gasteiger partial charge in [-0.05, 0) is 25.0 Å². The van der Waals surface area contributed by atoms with Crippen LogP contribution in [0.2, 0.25) is 5.15 Å². The predicted molar refractivity (Wildman–Crippen MR) is 56.9 cm³/mol. The van der Waals surface area contributed by atoms with E-state index in [0.717, 1.165) is 12.1 Å². The summed E-state index contributed by atoms with van der Waals surface area (Å²) in [6, 6.07) is 1.66. The van der Waals surface area contributed by atoms with Crippen LogP contribution in [0.1, 0.15) is 18.4 Å². The van der Waals surface area contributed by atoms with Crippen molar-refractivity contribution in [2.75, 3.05) is 11.9 Å². The van der Waals surface area contributed by atoms with E-state index >= 15 is 0 Å². The standard InChI is InChI=1S/C10H10ClF3N2O/c11-7-3-6(10(12,13)14)4-8(15-7)16-9(5-17)1-2-9/h3-4,17H,1-2,5H2,(H,15,16). The fraction of sp³-hybridized carbons (Fsp3) is 0.500. The van der Waals surface area contributed by atoms with Gasteiger partial charge < -0.3 is 10.4 Å². The van der Waals surface area contributed by atoms with Crippen LogP contribution in [-0.2, 0) is 6.18 Å². The van der Waals surface area contributed by atoms with Crippen molar-refractivity contribution in [3.8, 4) is 0 Å². The molecule has 0 saturated heterocycles. The lowest BCUT2D eigenvalue weighted by atomic mass is 10.2. The van der Waals surface area contributed by atoms with Gasteiger partial charge in [-0.25, -0.2) is 4.98 Å². The highest BCUT2D eigenvalue weighted by molar-refractivity contribution is 6.29. The smallest absolute Gasteiger partial charge is 0.394 e. The Morgan fingerprint density at radius 2 is 2.06 bits per heavy atom. The molecule has 0 radical (unpaired) electrons. The monoisotopic (exact) mass is 266 g/mol. The van der Waals surface area contributed by atoms with Gasteiger partial charge in [-0.2, -0.15) is 13.2 Å². The molecule has 0 bridgehead atoms. The molecule has 1 aliphatic rings. The predicted octanol–water partition coefficient (Wildman–Crippen LogP) is 2.69. The molecule has 0 unspecified atom stereocenters. The van der Waals surface area contributed by atoms with Crippen molar-refractivity contribution >= 4 is 17.4 Å². The first-order chi connectivity index (χ1) is 7.85. The van der Waals surface area contributed by atoms with E-state index in [0.29, 0.717) is 12.8 Å². The number of halogens is 4. The van der Waals surface area contributed by atoms with E-state index in [4.69, 9.17) is 16.7 Å². The first kappa shape index (κ1) is 12.4. The van der Waals surface area contributed by atoms with Crippen LogP contribution in [0.4, 0.5) is 19.0 Å². The minimum absolute atomic E-state index is 0.0383. The number of alkyl halides is 3. The summed E-state index contributed by atoms with van der Waals surface area (Å²) in [5, 5.41) is 11.6. The molecule has 0 amide bonds. The molecule has 17 heavy (non-hydrogen) atoms. The van der Waals surface area contributed by atoms with E-state index in [1.54, 1.807) is 0 Å². The lowest BCUT2D eigenvalue weighted by Gasteiger charge is -2.16. The highest BCUT2D eigenvalue weighted by atomic mass is 35.5. The van der Waals surface area contributed by atoms with Crippen LogP contribution < -0.4 is 5.32 Å². The van der Waals surface area contributed by atoms with Gasteiger partial charge in [-0.15, -0.1) is 0 Å². The van der Waals surface area contributed by atoms with E-state index in [1.165, 1.54) is 0 Å². The van der Waals surface area contributed by atoms with Gasteiger partial charge in [0, 0.05) is 0 Å². The van der Waals surface area contributed by atoms with Gasteiger partial charge in [-0.3, -0.25) is 0 Å². The molecule has 3 nitrogen and oxygen atoms in total. The molecule has 1 aromatic heterocycles. The van der Waals surface area contributed by atoms with Crippen LogP contribution in [0.3, 0.4) is 0 Å². The number of aliphatic hydroxyl groups excluding tert-OH is 1. The fourth-order valence-corrected chi connectivity index (χ4v) is 1.68. The average molecular weight is 267 g/mol. The topological polar surface area (TPSA) is 45.1 Å². The maximum absolute atomic E-state index is 12.5. The molecule has 0 atom stereocenters. The maximum atomic E-state index is 12.5. The summed E-state index contributed by atoms with van der Waals surface area (Å²) in [5.74, 6) is 0.0383. The lowest BCUT2D eigenvalue weighted by molar-refractivity contribution is -0.137. The number of anilines is 1. The number of hydrogen-bond acceptors (Lipinski definition) is 3. The maximum Gasteiger partial charge on any atom is 0.416 e. The summed E-state index contributed by atoms with van der Waals surface area (Å²) in [6.07, 6.45) is -3.04. The number of hydrogen-bond donors (Lipinski definition) is 2. The zero-order valence-electron chi connectivity index (χ0n) is 8.68. The van der Waals surface area contributed by atoms with Crippen molar-refractivity contribution in [2.24, 2.45) is 0 Å². The third kappa shape index (κ3) is 2.81. The van der Waals surface area contributed by atoms with Crippen molar-refractivity contribution < 1.29 is 18.3 Å².